The van der Waals surface area contributed by atoms with Crippen molar-refractivity contribution in [3.63, 3.8) is 0 Å². The Morgan fingerprint density at radius 3 is 2.18 bits per heavy atom. The monoisotopic (exact) mass is 343 g/mol. The molecule has 22 heavy (non-hydrogen) atoms. The topological polar surface area (TPSA) is 71.5 Å². The summed E-state index contributed by atoms with van der Waals surface area (Å²) in [5.41, 5.74) is 0.994. The lowest BCUT2D eigenvalue weighted by Crippen LogP contribution is -2.42. The summed E-state index contributed by atoms with van der Waals surface area (Å²) in [6, 6.07) is 6.69. The minimum atomic E-state index is -3.54. The van der Waals surface area contributed by atoms with Gasteiger partial charge in [-0.2, -0.15) is 4.31 Å². The first-order valence-corrected chi connectivity index (χ1v) is 10.3. The second-order valence-electron chi connectivity index (χ2n) is 5.53. The van der Waals surface area contributed by atoms with E-state index in [0.717, 1.165) is 5.56 Å². The van der Waals surface area contributed by atoms with Gasteiger partial charge in [0.1, 0.15) is 0 Å². The van der Waals surface area contributed by atoms with Crippen LogP contribution >= 0.6 is 0 Å². The van der Waals surface area contributed by atoms with E-state index < -0.39 is 25.1 Å². The molecule has 0 saturated carbocycles. The summed E-state index contributed by atoms with van der Waals surface area (Å²) in [7, 11) is -6.75. The van der Waals surface area contributed by atoms with E-state index in [1.807, 2.05) is 6.92 Å². The maximum Gasteiger partial charge on any atom is 0.243 e. The van der Waals surface area contributed by atoms with Crippen LogP contribution in [-0.2, 0) is 19.9 Å². The minimum Gasteiger partial charge on any atom is -0.228 e. The Morgan fingerprint density at radius 1 is 1.14 bits per heavy atom. The Balaban J connectivity index is 2.11. The zero-order chi connectivity index (χ0) is 16.4. The maximum atomic E-state index is 12.5. The molecule has 0 aliphatic carbocycles. The van der Waals surface area contributed by atoms with Crippen molar-refractivity contribution >= 4 is 19.9 Å². The van der Waals surface area contributed by atoms with Crippen molar-refractivity contribution < 1.29 is 16.8 Å². The molecule has 1 aromatic rings. The van der Waals surface area contributed by atoms with Crippen LogP contribution < -0.4 is 0 Å². The summed E-state index contributed by atoms with van der Waals surface area (Å²) >= 11 is 0. The summed E-state index contributed by atoms with van der Waals surface area (Å²) in [6.45, 7) is 5.82. The Kier molecular flexibility index (Phi) is 5.09. The Bertz CT molecular complexity index is 728. The zero-order valence-electron chi connectivity index (χ0n) is 12.6. The molecule has 1 aliphatic rings. The first-order valence-electron chi connectivity index (χ1n) is 7.16. The quantitative estimate of drug-likeness (QED) is 0.764. The third-order valence-electron chi connectivity index (χ3n) is 3.92. The molecule has 0 bridgehead atoms. The van der Waals surface area contributed by atoms with Crippen molar-refractivity contribution in [1.82, 2.24) is 4.31 Å². The third kappa shape index (κ3) is 3.59. The molecule has 7 heteroatoms. The second kappa shape index (κ2) is 6.52. The highest BCUT2D eigenvalue weighted by Crippen LogP contribution is 2.24. The van der Waals surface area contributed by atoms with Crippen LogP contribution in [0.15, 0.2) is 41.8 Å². The SMILES string of the molecule is C=CCS(=O)(=O)C1CCN(S(=O)(=O)c2ccc(C)cc2)CC1. The summed E-state index contributed by atoms with van der Waals surface area (Å²) in [6.07, 6.45) is 2.05. The van der Waals surface area contributed by atoms with Gasteiger partial charge in [-0.15, -0.1) is 6.58 Å². The van der Waals surface area contributed by atoms with Gasteiger partial charge in [0.2, 0.25) is 10.0 Å². The molecule has 0 aromatic heterocycles. The van der Waals surface area contributed by atoms with E-state index in [1.54, 1.807) is 24.3 Å². The van der Waals surface area contributed by atoms with Crippen LogP contribution in [0.5, 0.6) is 0 Å². The molecule has 0 amide bonds. The molecular weight excluding hydrogens is 322 g/mol. The number of sulfonamides is 1. The molecule has 0 unspecified atom stereocenters. The van der Waals surface area contributed by atoms with E-state index in [0.29, 0.717) is 12.8 Å². The zero-order valence-corrected chi connectivity index (χ0v) is 14.2. The van der Waals surface area contributed by atoms with Gasteiger partial charge in [0.15, 0.2) is 9.84 Å². The van der Waals surface area contributed by atoms with Crippen LogP contribution in [0.4, 0.5) is 0 Å². The maximum absolute atomic E-state index is 12.5. The van der Waals surface area contributed by atoms with E-state index >= 15 is 0 Å². The van der Waals surface area contributed by atoms with E-state index in [2.05, 4.69) is 6.58 Å². The Hall–Kier alpha value is -1.18. The normalized spacial score (nSPS) is 18.2. The summed E-state index contributed by atoms with van der Waals surface area (Å²) in [4.78, 5) is 0.255. The number of aryl methyl sites for hydroxylation is 1. The minimum absolute atomic E-state index is 0.0532. The second-order valence-corrected chi connectivity index (χ2v) is 9.80. The molecule has 1 aromatic carbocycles. The molecule has 2 rings (SSSR count). The average Bonchev–Trinajstić information content (AvgIpc) is 2.48. The lowest BCUT2D eigenvalue weighted by atomic mass is 10.2. The van der Waals surface area contributed by atoms with Crippen LogP contribution in [0.3, 0.4) is 0 Å². The lowest BCUT2D eigenvalue weighted by Gasteiger charge is -2.30. The van der Waals surface area contributed by atoms with Gasteiger partial charge in [0.05, 0.1) is 15.9 Å². The van der Waals surface area contributed by atoms with Crippen molar-refractivity contribution in [2.75, 3.05) is 18.8 Å². The molecule has 0 spiro atoms. The molecular formula is C15H21NO4S2. The fourth-order valence-corrected chi connectivity index (χ4v) is 5.59. The predicted molar refractivity (Wildman–Crippen MR) is 86.9 cm³/mol. The number of piperidine rings is 1. The van der Waals surface area contributed by atoms with E-state index in [9.17, 15) is 16.8 Å². The number of benzene rings is 1. The van der Waals surface area contributed by atoms with Crippen LogP contribution in [0.1, 0.15) is 18.4 Å². The van der Waals surface area contributed by atoms with Gasteiger partial charge in [-0.25, -0.2) is 16.8 Å². The summed E-state index contributed by atoms with van der Waals surface area (Å²) in [5, 5.41) is -0.477. The molecule has 122 valence electrons. The van der Waals surface area contributed by atoms with Crippen LogP contribution in [0, 0.1) is 6.92 Å². The van der Waals surface area contributed by atoms with Gasteiger partial charge in [-0.3, -0.25) is 0 Å². The van der Waals surface area contributed by atoms with E-state index in [-0.39, 0.29) is 23.7 Å². The number of rotatable bonds is 5. The number of hydrogen-bond acceptors (Lipinski definition) is 4. The Labute approximate surface area is 132 Å². The van der Waals surface area contributed by atoms with Gasteiger partial charge >= 0.3 is 0 Å². The number of nitrogens with zero attached hydrogens (tertiary/aromatic N) is 1. The Morgan fingerprint density at radius 2 is 1.68 bits per heavy atom. The highest BCUT2D eigenvalue weighted by molar-refractivity contribution is 7.92. The van der Waals surface area contributed by atoms with E-state index in [4.69, 9.17) is 0 Å². The van der Waals surface area contributed by atoms with Crippen molar-refractivity contribution in [2.45, 2.75) is 29.9 Å². The average molecular weight is 343 g/mol. The predicted octanol–water partition coefficient (Wildman–Crippen LogP) is 1.75. The largest absolute Gasteiger partial charge is 0.243 e. The molecule has 1 saturated heterocycles. The van der Waals surface area contributed by atoms with E-state index in [1.165, 1.54) is 10.4 Å². The molecule has 1 aliphatic heterocycles. The van der Waals surface area contributed by atoms with Gasteiger partial charge in [-0.05, 0) is 31.9 Å². The number of sulfone groups is 1. The first-order chi connectivity index (χ1) is 10.3. The fourth-order valence-electron chi connectivity index (χ4n) is 2.59. The van der Waals surface area contributed by atoms with Crippen LogP contribution in [-0.4, -0.2) is 45.2 Å². The molecule has 1 fully saturated rings. The molecule has 5 nitrogen and oxygen atoms in total. The highest BCUT2D eigenvalue weighted by Gasteiger charge is 2.34. The smallest absolute Gasteiger partial charge is 0.228 e. The molecule has 0 atom stereocenters. The molecule has 0 radical (unpaired) electrons. The molecule has 0 N–H and O–H groups in total. The lowest BCUT2D eigenvalue weighted by molar-refractivity contribution is 0.346. The van der Waals surface area contributed by atoms with Crippen molar-refractivity contribution in [3.8, 4) is 0 Å². The summed E-state index contributed by atoms with van der Waals surface area (Å²) < 4.78 is 50.5. The number of hydrogen-bond donors (Lipinski definition) is 0. The summed E-state index contributed by atoms with van der Waals surface area (Å²) in [5.74, 6) is -0.0532. The van der Waals surface area contributed by atoms with Gasteiger partial charge < -0.3 is 0 Å². The van der Waals surface area contributed by atoms with Crippen LogP contribution in [0.2, 0.25) is 0 Å². The van der Waals surface area contributed by atoms with Gasteiger partial charge in [-0.1, -0.05) is 23.8 Å². The van der Waals surface area contributed by atoms with Gasteiger partial charge in [0.25, 0.3) is 0 Å². The van der Waals surface area contributed by atoms with Gasteiger partial charge in [0, 0.05) is 13.1 Å². The van der Waals surface area contributed by atoms with Crippen LogP contribution in [0.25, 0.3) is 0 Å². The third-order valence-corrected chi connectivity index (χ3v) is 8.02. The fraction of sp³-hybridized carbons (Fsp3) is 0.467. The van der Waals surface area contributed by atoms with Crippen molar-refractivity contribution in [1.29, 1.82) is 0 Å². The highest BCUT2D eigenvalue weighted by atomic mass is 32.2. The van der Waals surface area contributed by atoms with Crippen molar-refractivity contribution in [3.05, 3.63) is 42.5 Å². The standard InChI is InChI=1S/C15H21NO4S2/c1-3-12-21(17,18)14-8-10-16(11-9-14)22(19,20)15-6-4-13(2)5-7-15/h3-7,14H,1,8-12H2,2H3. The molecule has 1 heterocycles. The van der Waals surface area contributed by atoms with Crippen molar-refractivity contribution in [2.24, 2.45) is 0 Å². The first kappa shape index (κ1) is 17.2.